The zero-order valence-electron chi connectivity index (χ0n) is 17.1. The van der Waals surface area contributed by atoms with Gasteiger partial charge in [0.1, 0.15) is 5.75 Å². The number of amides is 1. The van der Waals surface area contributed by atoms with Crippen molar-refractivity contribution >= 4 is 38.2 Å². The van der Waals surface area contributed by atoms with Crippen LogP contribution < -0.4 is 9.54 Å². The minimum atomic E-state index is -0.157. The normalized spacial score (nSPS) is 12.0. The van der Waals surface area contributed by atoms with Gasteiger partial charge in [0.05, 0.1) is 30.4 Å². The zero-order chi connectivity index (χ0) is 20.9. The maximum absolute atomic E-state index is 12.9. The molecule has 6 heteroatoms. The summed E-state index contributed by atoms with van der Waals surface area (Å²) < 4.78 is 14.0. The van der Waals surface area contributed by atoms with E-state index in [1.165, 1.54) is 11.3 Å². The SMILES string of the molecule is CCOCCn1c(=NC(=O)Cc2cccc3ccccc23)sc2cc(OC)ccc21. The molecule has 154 valence electrons. The Morgan fingerprint density at radius 2 is 1.93 bits per heavy atom. The van der Waals surface area contributed by atoms with Gasteiger partial charge in [-0.2, -0.15) is 4.99 Å². The molecule has 0 saturated heterocycles. The summed E-state index contributed by atoms with van der Waals surface area (Å²) in [6, 6.07) is 20.0. The highest BCUT2D eigenvalue weighted by atomic mass is 32.1. The average molecular weight is 421 g/mol. The van der Waals surface area contributed by atoms with E-state index in [4.69, 9.17) is 9.47 Å². The van der Waals surface area contributed by atoms with Gasteiger partial charge >= 0.3 is 0 Å². The Morgan fingerprint density at radius 3 is 2.77 bits per heavy atom. The molecule has 0 aliphatic heterocycles. The second-order valence-electron chi connectivity index (χ2n) is 6.89. The molecule has 30 heavy (non-hydrogen) atoms. The van der Waals surface area contributed by atoms with Crippen LogP contribution in [0.5, 0.6) is 5.75 Å². The van der Waals surface area contributed by atoms with Gasteiger partial charge in [0.2, 0.25) is 0 Å². The van der Waals surface area contributed by atoms with Crippen LogP contribution in [-0.2, 0) is 22.5 Å². The Labute approximate surface area is 179 Å². The maximum Gasteiger partial charge on any atom is 0.252 e. The largest absolute Gasteiger partial charge is 0.497 e. The van der Waals surface area contributed by atoms with Crippen molar-refractivity contribution in [2.45, 2.75) is 19.9 Å². The monoisotopic (exact) mass is 420 g/mol. The molecule has 3 aromatic carbocycles. The Balaban J connectivity index is 1.71. The number of aromatic nitrogens is 1. The second-order valence-corrected chi connectivity index (χ2v) is 7.90. The maximum atomic E-state index is 12.9. The van der Waals surface area contributed by atoms with Crippen molar-refractivity contribution in [1.82, 2.24) is 4.57 Å². The summed E-state index contributed by atoms with van der Waals surface area (Å²) in [5, 5.41) is 2.22. The first kappa shape index (κ1) is 20.3. The van der Waals surface area contributed by atoms with Crippen molar-refractivity contribution in [3.8, 4) is 5.75 Å². The quantitative estimate of drug-likeness (QED) is 0.412. The molecule has 0 atom stereocenters. The van der Waals surface area contributed by atoms with Crippen LogP contribution in [0, 0.1) is 0 Å². The van der Waals surface area contributed by atoms with E-state index >= 15 is 0 Å². The Hall–Kier alpha value is -2.96. The molecule has 0 fully saturated rings. The van der Waals surface area contributed by atoms with Gasteiger partial charge in [0, 0.05) is 13.2 Å². The summed E-state index contributed by atoms with van der Waals surface area (Å²) in [6.07, 6.45) is 0.268. The first-order valence-electron chi connectivity index (χ1n) is 9.99. The van der Waals surface area contributed by atoms with E-state index in [2.05, 4.69) is 21.7 Å². The van der Waals surface area contributed by atoms with Crippen LogP contribution in [0.25, 0.3) is 21.0 Å². The van der Waals surface area contributed by atoms with Crippen molar-refractivity contribution < 1.29 is 14.3 Å². The third-order valence-corrected chi connectivity index (χ3v) is 6.04. The van der Waals surface area contributed by atoms with E-state index in [9.17, 15) is 4.79 Å². The topological polar surface area (TPSA) is 52.8 Å². The summed E-state index contributed by atoms with van der Waals surface area (Å²) in [4.78, 5) is 18.0. The number of benzene rings is 3. The molecule has 0 N–H and O–H groups in total. The smallest absolute Gasteiger partial charge is 0.252 e. The molecular formula is C24H24N2O3S. The van der Waals surface area contributed by atoms with Crippen LogP contribution >= 0.6 is 11.3 Å². The molecule has 0 unspecified atom stereocenters. The van der Waals surface area contributed by atoms with E-state index in [0.29, 0.717) is 24.6 Å². The predicted molar refractivity (Wildman–Crippen MR) is 121 cm³/mol. The van der Waals surface area contributed by atoms with Crippen LogP contribution in [0.1, 0.15) is 12.5 Å². The van der Waals surface area contributed by atoms with Crippen LogP contribution in [0.3, 0.4) is 0 Å². The molecule has 0 radical (unpaired) electrons. The van der Waals surface area contributed by atoms with Crippen LogP contribution in [0.15, 0.2) is 65.7 Å². The van der Waals surface area contributed by atoms with Gasteiger partial charge in [-0.3, -0.25) is 4.79 Å². The molecule has 1 amide bonds. The molecule has 0 bridgehead atoms. The number of ether oxygens (including phenoxy) is 2. The van der Waals surface area contributed by atoms with Crippen molar-refractivity contribution in [3.63, 3.8) is 0 Å². The van der Waals surface area contributed by atoms with E-state index in [1.54, 1.807) is 7.11 Å². The minimum Gasteiger partial charge on any atom is -0.497 e. The zero-order valence-corrected chi connectivity index (χ0v) is 17.9. The number of nitrogens with zero attached hydrogens (tertiary/aromatic N) is 2. The van der Waals surface area contributed by atoms with Crippen LogP contribution in [0.4, 0.5) is 0 Å². The van der Waals surface area contributed by atoms with Gasteiger partial charge < -0.3 is 14.0 Å². The first-order valence-corrected chi connectivity index (χ1v) is 10.8. The van der Waals surface area contributed by atoms with E-state index in [-0.39, 0.29) is 12.3 Å². The Morgan fingerprint density at radius 1 is 1.10 bits per heavy atom. The highest BCUT2D eigenvalue weighted by Gasteiger charge is 2.11. The number of thiazole rings is 1. The third kappa shape index (κ3) is 4.30. The number of carbonyl (C=O) groups is 1. The van der Waals surface area contributed by atoms with Gasteiger partial charge in [-0.05, 0) is 41.5 Å². The lowest BCUT2D eigenvalue weighted by Gasteiger charge is -2.06. The summed E-state index contributed by atoms with van der Waals surface area (Å²) >= 11 is 1.49. The van der Waals surface area contributed by atoms with Crippen molar-refractivity contribution in [2.75, 3.05) is 20.3 Å². The second kappa shape index (κ2) is 9.24. The summed E-state index contributed by atoms with van der Waals surface area (Å²) in [7, 11) is 1.65. The molecule has 1 aromatic heterocycles. The Bertz CT molecular complexity index is 1250. The van der Waals surface area contributed by atoms with Gasteiger partial charge in [-0.15, -0.1) is 0 Å². The number of hydrogen-bond acceptors (Lipinski definition) is 4. The standard InChI is InChI=1S/C24H24N2O3S/c1-3-29-14-13-26-21-12-11-19(28-2)16-22(21)30-24(26)25-23(27)15-18-9-6-8-17-7-4-5-10-20(17)18/h4-12,16H,3,13-15H2,1-2H3. The minimum absolute atomic E-state index is 0.157. The third-order valence-electron chi connectivity index (χ3n) is 5.00. The predicted octanol–water partition coefficient (Wildman–Crippen LogP) is 4.57. The summed E-state index contributed by atoms with van der Waals surface area (Å²) in [6.45, 7) is 3.84. The van der Waals surface area contributed by atoms with Crippen LogP contribution in [0.2, 0.25) is 0 Å². The molecule has 0 aliphatic rings. The molecule has 0 aliphatic carbocycles. The lowest BCUT2D eigenvalue weighted by Crippen LogP contribution is -2.20. The fourth-order valence-electron chi connectivity index (χ4n) is 3.54. The van der Waals surface area contributed by atoms with Gasteiger partial charge in [-0.25, -0.2) is 0 Å². The van der Waals surface area contributed by atoms with Crippen LogP contribution in [-0.4, -0.2) is 30.8 Å². The number of methoxy groups -OCH3 is 1. The number of fused-ring (bicyclic) bond motifs is 2. The summed E-state index contributed by atoms with van der Waals surface area (Å²) in [5.41, 5.74) is 2.02. The summed E-state index contributed by atoms with van der Waals surface area (Å²) in [5.74, 6) is 0.629. The van der Waals surface area contributed by atoms with Crippen molar-refractivity contribution in [2.24, 2.45) is 4.99 Å². The van der Waals surface area contributed by atoms with Gasteiger partial charge in [-0.1, -0.05) is 53.8 Å². The molecular weight excluding hydrogens is 396 g/mol. The average Bonchev–Trinajstić information content (AvgIpc) is 3.10. The fourth-order valence-corrected chi connectivity index (χ4v) is 4.64. The highest BCUT2D eigenvalue weighted by molar-refractivity contribution is 7.16. The molecule has 1 heterocycles. The number of hydrogen-bond donors (Lipinski definition) is 0. The van der Waals surface area contributed by atoms with Gasteiger partial charge in [0.15, 0.2) is 4.80 Å². The fraction of sp³-hybridized carbons (Fsp3) is 0.250. The lowest BCUT2D eigenvalue weighted by atomic mass is 10.0. The molecule has 4 rings (SSSR count). The first-order chi connectivity index (χ1) is 14.7. The number of carbonyl (C=O) groups excluding carboxylic acids is 1. The van der Waals surface area contributed by atoms with Crippen molar-refractivity contribution in [3.05, 3.63) is 71.0 Å². The van der Waals surface area contributed by atoms with E-state index in [1.807, 2.05) is 55.5 Å². The Kier molecular flexibility index (Phi) is 6.26. The highest BCUT2D eigenvalue weighted by Crippen LogP contribution is 2.23. The lowest BCUT2D eigenvalue weighted by molar-refractivity contribution is -0.117. The molecule has 0 saturated carbocycles. The molecule has 4 aromatic rings. The van der Waals surface area contributed by atoms with Gasteiger partial charge in [0.25, 0.3) is 5.91 Å². The van der Waals surface area contributed by atoms with E-state index in [0.717, 1.165) is 32.3 Å². The number of rotatable bonds is 7. The molecule has 0 spiro atoms. The van der Waals surface area contributed by atoms with E-state index < -0.39 is 0 Å². The molecule has 5 nitrogen and oxygen atoms in total. The van der Waals surface area contributed by atoms with Crippen molar-refractivity contribution in [1.29, 1.82) is 0 Å².